The first kappa shape index (κ1) is 17.7. The Hall–Kier alpha value is -2.67. The lowest BCUT2D eigenvalue weighted by Gasteiger charge is -2.12. The van der Waals surface area contributed by atoms with Gasteiger partial charge in [-0.15, -0.1) is 0 Å². The molecule has 4 rings (SSSR count). The Balaban J connectivity index is 1.58. The number of amides is 2. The van der Waals surface area contributed by atoms with Crippen LogP contribution in [0, 0.1) is 19.7 Å². The van der Waals surface area contributed by atoms with Crippen LogP contribution >= 0.6 is 0 Å². The fraction of sp³-hybridized carbons (Fsp3) is 0.400. The van der Waals surface area contributed by atoms with Crippen molar-refractivity contribution in [2.24, 2.45) is 0 Å². The van der Waals surface area contributed by atoms with E-state index in [1.165, 1.54) is 12.1 Å². The van der Waals surface area contributed by atoms with Gasteiger partial charge in [-0.25, -0.2) is 4.39 Å². The van der Waals surface area contributed by atoms with E-state index >= 15 is 0 Å². The Morgan fingerprint density at radius 1 is 1.33 bits per heavy atom. The molecule has 0 aliphatic carbocycles. The van der Waals surface area contributed by atoms with Crippen LogP contribution in [-0.4, -0.2) is 35.9 Å². The van der Waals surface area contributed by atoms with Crippen molar-refractivity contribution in [2.45, 2.75) is 38.6 Å². The molecule has 6 nitrogen and oxygen atoms in total. The van der Waals surface area contributed by atoms with E-state index in [0.717, 1.165) is 36.5 Å². The lowest BCUT2D eigenvalue weighted by atomic mass is 9.94. The minimum absolute atomic E-state index is 0.0940. The molecule has 0 radical (unpaired) electrons. The molecule has 1 aromatic carbocycles. The second-order valence-electron chi connectivity index (χ2n) is 7.37. The molecule has 4 N–H and O–H groups in total. The maximum Gasteiger partial charge on any atom is 0.253 e. The fourth-order valence-electron chi connectivity index (χ4n) is 4.10. The number of carbonyl (C=O) groups excluding carboxylic acids is 2. The minimum Gasteiger partial charge on any atom is -0.362 e. The normalized spacial score (nSPS) is 21.2. The molecular weight excluding hydrogens is 347 g/mol. The topological polar surface area (TPSA) is 86.0 Å². The third-order valence-corrected chi connectivity index (χ3v) is 5.54. The molecule has 0 bridgehead atoms. The Bertz CT molecular complexity index is 915. The third kappa shape index (κ3) is 3.23. The van der Waals surface area contributed by atoms with Crippen LogP contribution in [0.1, 0.15) is 45.2 Å². The Morgan fingerprint density at radius 3 is 2.89 bits per heavy atom. The summed E-state index contributed by atoms with van der Waals surface area (Å²) in [7, 11) is 0. The van der Waals surface area contributed by atoms with Crippen LogP contribution in [0.5, 0.6) is 0 Å². The average Bonchev–Trinajstić information content (AvgIpc) is 3.29. The van der Waals surface area contributed by atoms with Gasteiger partial charge in [0, 0.05) is 36.1 Å². The number of hydrogen-bond donors (Lipinski definition) is 4. The van der Waals surface area contributed by atoms with Crippen molar-refractivity contribution in [3.8, 4) is 0 Å². The van der Waals surface area contributed by atoms with Crippen molar-refractivity contribution in [3.63, 3.8) is 0 Å². The van der Waals surface area contributed by atoms with E-state index < -0.39 is 5.92 Å². The molecule has 7 heteroatoms. The van der Waals surface area contributed by atoms with Gasteiger partial charge in [0.1, 0.15) is 5.82 Å². The number of fused-ring (bicyclic) bond motifs is 1. The van der Waals surface area contributed by atoms with Gasteiger partial charge in [-0.1, -0.05) is 0 Å². The second kappa shape index (κ2) is 6.81. The summed E-state index contributed by atoms with van der Waals surface area (Å²) in [4.78, 5) is 28.4. The summed E-state index contributed by atoms with van der Waals surface area (Å²) >= 11 is 0. The van der Waals surface area contributed by atoms with Gasteiger partial charge in [-0.3, -0.25) is 9.59 Å². The highest BCUT2D eigenvalue weighted by Gasteiger charge is 2.32. The predicted octanol–water partition coefficient (Wildman–Crippen LogP) is 2.14. The molecule has 142 valence electrons. The van der Waals surface area contributed by atoms with Crippen LogP contribution in [0.4, 0.5) is 10.1 Å². The molecule has 0 saturated carbocycles. The molecule has 1 saturated heterocycles. The highest BCUT2D eigenvalue weighted by Crippen LogP contribution is 2.36. The number of rotatable bonds is 4. The number of carbonyl (C=O) groups is 2. The van der Waals surface area contributed by atoms with E-state index in [2.05, 4.69) is 20.9 Å². The molecule has 2 aliphatic heterocycles. The summed E-state index contributed by atoms with van der Waals surface area (Å²) in [6, 6.07) is 4.48. The lowest BCUT2D eigenvalue weighted by Crippen LogP contribution is -2.36. The molecule has 27 heavy (non-hydrogen) atoms. The van der Waals surface area contributed by atoms with Gasteiger partial charge in [-0.05, 0) is 56.1 Å². The molecule has 2 amide bonds. The van der Waals surface area contributed by atoms with Crippen molar-refractivity contribution in [1.29, 1.82) is 0 Å². The van der Waals surface area contributed by atoms with Gasteiger partial charge in [0.05, 0.1) is 11.5 Å². The molecule has 2 aliphatic rings. The van der Waals surface area contributed by atoms with Crippen LogP contribution in [0.2, 0.25) is 0 Å². The quantitative estimate of drug-likeness (QED) is 0.665. The van der Waals surface area contributed by atoms with Crippen molar-refractivity contribution in [2.75, 3.05) is 18.4 Å². The number of anilines is 1. The molecule has 1 aromatic heterocycles. The number of benzene rings is 1. The number of aryl methyl sites for hydroxylation is 1. The van der Waals surface area contributed by atoms with Crippen molar-refractivity contribution >= 4 is 17.5 Å². The highest BCUT2D eigenvalue weighted by molar-refractivity contribution is 6.03. The van der Waals surface area contributed by atoms with E-state index in [9.17, 15) is 14.0 Å². The van der Waals surface area contributed by atoms with Crippen molar-refractivity contribution in [1.82, 2.24) is 15.6 Å². The van der Waals surface area contributed by atoms with E-state index in [0.29, 0.717) is 23.2 Å². The van der Waals surface area contributed by atoms with E-state index in [-0.39, 0.29) is 23.7 Å². The van der Waals surface area contributed by atoms with E-state index in [4.69, 9.17) is 0 Å². The van der Waals surface area contributed by atoms with Gasteiger partial charge in [0.2, 0.25) is 5.91 Å². The number of halogens is 1. The van der Waals surface area contributed by atoms with Gasteiger partial charge >= 0.3 is 0 Å². The van der Waals surface area contributed by atoms with Crippen LogP contribution in [0.3, 0.4) is 0 Å². The zero-order chi connectivity index (χ0) is 19.1. The minimum atomic E-state index is -0.470. The molecule has 1 fully saturated rings. The molecule has 2 atom stereocenters. The molecule has 0 spiro atoms. The summed E-state index contributed by atoms with van der Waals surface area (Å²) in [5.41, 5.74) is 4.40. The first-order chi connectivity index (χ1) is 12.9. The highest BCUT2D eigenvalue weighted by atomic mass is 19.1. The SMILES string of the molecule is Cc1[nH]c(CC2C(=O)Nc3ccc(F)cc32)c(C)c1C(=O)NC1CCNC1. The molecule has 3 heterocycles. The first-order valence-corrected chi connectivity index (χ1v) is 9.24. The van der Waals surface area contributed by atoms with E-state index in [1.54, 1.807) is 6.07 Å². The van der Waals surface area contributed by atoms with Gasteiger partial charge in [0.25, 0.3) is 5.91 Å². The molecular formula is C20H23FN4O2. The largest absolute Gasteiger partial charge is 0.362 e. The fourth-order valence-corrected chi connectivity index (χ4v) is 4.10. The molecule has 2 unspecified atom stereocenters. The lowest BCUT2D eigenvalue weighted by molar-refractivity contribution is -0.117. The summed E-state index contributed by atoms with van der Waals surface area (Å²) in [6.07, 6.45) is 1.32. The van der Waals surface area contributed by atoms with Crippen molar-refractivity contribution < 1.29 is 14.0 Å². The summed E-state index contributed by atoms with van der Waals surface area (Å²) in [6.45, 7) is 5.44. The van der Waals surface area contributed by atoms with Crippen LogP contribution in [0.25, 0.3) is 0 Å². The van der Waals surface area contributed by atoms with Crippen LogP contribution in [0.15, 0.2) is 18.2 Å². The Morgan fingerprint density at radius 2 is 2.15 bits per heavy atom. The standard InChI is InChI=1S/C20H23FN4O2/c1-10-17(8-15-14-7-12(21)3-4-16(14)25-19(15)26)23-11(2)18(10)20(27)24-13-5-6-22-9-13/h3-4,7,13,15,22-23H,5-6,8-9H2,1-2H3,(H,24,27)(H,25,26). The Kier molecular flexibility index (Phi) is 4.47. The maximum atomic E-state index is 13.6. The number of nitrogens with one attached hydrogen (secondary N) is 4. The summed E-state index contributed by atoms with van der Waals surface area (Å²) in [5.74, 6) is -1.07. The number of hydrogen-bond acceptors (Lipinski definition) is 3. The van der Waals surface area contributed by atoms with Gasteiger partial charge in [0.15, 0.2) is 0 Å². The average molecular weight is 370 g/mol. The monoisotopic (exact) mass is 370 g/mol. The van der Waals surface area contributed by atoms with Crippen molar-refractivity contribution in [3.05, 3.63) is 52.1 Å². The molecule has 2 aromatic rings. The number of aromatic nitrogens is 1. The first-order valence-electron chi connectivity index (χ1n) is 9.24. The van der Waals surface area contributed by atoms with Crippen LogP contribution < -0.4 is 16.0 Å². The number of aromatic amines is 1. The van der Waals surface area contributed by atoms with E-state index in [1.807, 2.05) is 13.8 Å². The number of H-pyrrole nitrogens is 1. The second-order valence-corrected chi connectivity index (χ2v) is 7.37. The zero-order valence-corrected chi connectivity index (χ0v) is 15.4. The van der Waals surface area contributed by atoms with Gasteiger partial charge < -0.3 is 20.9 Å². The summed E-state index contributed by atoms with van der Waals surface area (Å²) < 4.78 is 13.6. The smallest absolute Gasteiger partial charge is 0.253 e. The van der Waals surface area contributed by atoms with Crippen LogP contribution in [-0.2, 0) is 11.2 Å². The van der Waals surface area contributed by atoms with Gasteiger partial charge in [-0.2, -0.15) is 0 Å². The Labute approximate surface area is 156 Å². The maximum absolute atomic E-state index is 13.6. The zero-order valence-electron chi connectivity index (χ0n) is 15.4. The predicted molar refractivity (Wildman–Crippen MR) is 100 cm³/mol. The third-order valence-electron chi connectivity index (χ3n) is 5.54. The summed E-state index contributed by atoms with van der Waals surface area (Å²) in [5, 5.41) is 9.10.